The first kappa shape index (κ1) is 24.9. The molecule has 0 saturated carbocycles. The smallest absolute Gasteiger partial charge is 0.255 e. The highest BCUT2D eigenvalue weighted by molar-refractivity contribution is 5.77. The zero-order chi connectivity index (χ0) is 26.6. The lowest BCUT2D eigenvalue weighted by atomic mass is 9.88. The first-order valence-corrected chi connectivity index (χ1v) is 13.4. The fourth-order valence-electron chi connectivity index (χ4n) is 5.22. The van der Waals surface area contributed by atoms with Gasteiger partial charge >= 0.3 is 0 Å². The molecule has 2 N–H and O–H groups in total. The number of anilines is 1. The van der Waals surface area contributed by atoms with Crippen LogP contribution in [0.3, 0.4) is 0 Å². The van der Waals surface area contributed by atoms with Crippen molar-refractivity contribution in [1.82, 2.24) is 29.9 Å². The number of nitrogens with zero attached hydrogens (tertiary/aromatic N) is 5. The number of nitrogens with one attached hydrogen (secondary N) is 2. The Bertz CT molecular complexity index is 1580. The van der Waals surface area contributed by atoms with E-state index in [0.29, 0.717) is 23.1 Å². The highest BCUT2D eigenvalue weighted by atomic mass is 16.1. The van der Waals surface area contributed by atoms with Crippen molar-refractivity contribution < 1.29 is 0 Å². The zero-order valence-electron chi connectivity index (χ0n) is 21.7. The minimum Gasteiger partial charge on any atom is -0.366 e. The number of aromatic nitrogens is 6. The molecule has 2 unspecified atom stereocenters. The van der Waals surface area contributed by atoms with Crippen molar-refractivity contribution in [3.05, 3.63) is 102 Å². The van der Waals surface area contributed by atoms with E-state index in [4.69, 9.17) is 4.98 Å². The maximum absolute atomic E-state index is 12.7. The summed E-state index contributed by atoms with van der Waals surface area (Å²) in [5.41, 5.74) is 5.72. The second kappa shape index (κ2) is 11.1. The normalized spacial score (nSPS) is 19.2. The first-order chi connectivity index (χ1) is 19.1. The number of H-pyrrole nitrogens is 1. The lowest BCUT2D eigenvalue weighted by Gasteiger charge is -2.26. The number of allylic oxidation sites excluding steroid dienone is 3. The molecule has 196 valence electrons. The Hall–Kier alpha value is -4.46. The summed E-state index contributed by atoms with van der Waals surface area (Å²) in [4.78, 5) is 38.0. The molecular formula is C31H30N7O-. The summed E-state index contributed by atoms with van der Waals surface area (Å²) in [5.74, 6) is 2.50. The molecular weight excluding hydrogens is 486 g/mol. The molecule has 6 rings (SSSR count). The SMILES string of the molecule is [CH2-]C1CC=C(c2cnc(NC3CC=C(c4cc(-c5ncccn5)c[nH]c4=O)CC3)c(-c3ncccn3)c2)CC1. The average Bonchev–Trinajstić information content (AvgIpc) is 2.99. The van der Waals surface area contributed by atoms with E-state index in [-0.39, 0.29) is 11.6 Å². The Morgan fingerprint density at radius 2 is 1.49 bits per heavy atom. The Balaban J connectivity index is 1.24. The van der Waals surface area contributed by atoms with Gasteiger partial charge in [-0.05, 0) is 66.7 Å². The predicted octanol–water partition coefficient (Wildman–Crippen LogP) is 5.75. The minimum atomic E-state index is -0.102. The van der Waals surface area contributed by atoms with Crippen LogP contribution in [0.5, 0.6) is 0 Å². The van der Waals surface area contributed by atoms with E-state index in [1.54, 1.807) is 37.1 Å². The molecule has 4 heterocycles. The largest absolute Gasteiger partial charge is 0.366 e. The van der Waals surface area contributed by atoms with Crippen LogP contribution in [-0.2, 0) is 0 Å². The van der Waals surface area contributed by atoms with Crippen LogP contribution in [0.25, 0.3) is 33.9 Å². The van der Waals surface area contributed by atoms with Crippen molar-refractivity contribution >= 4 is 17.0 Å². The second-order valence-corrected chi connectivity index (χ2v) is 10.1. The van der Waals surface area contributed by atoms with Gasteiger partial charge in [0.15, 0.2) is 11.6 Å². The Labute approximate surface area is 227 Å². The number of rotatable bonds is 6. The number of hydrogen-bond donors (Lipinski definition) is 2. The van der Waals surface area contributed by atoms with Crippen molar-refractivity contribution in [1.29, 1.82) is 0 Å². The Morgan fingerprint density at radius 3 is 2.18 bits per heavy atom. The zero-order valence-corrected chi connectivity index (χ0v) is 21.7. The highest BCUT2D eigenvalue weighted by Crippen LogP contribution is 2.34. The van der Waals surface area contributed by atoms with Crippen LogP contribution in [0.1, 0.15) is 49.7 Å². The van der Waals surface area contributed by atoms with Crippen LogP contribution in [0, 0.1) is 12.8 Å². The predicted molar refractivity (Wildman–Crippen MR) is 153 cm³/mol. The molecule has 2 atom stereocenters. The number of aromatic amines is 1. The van der Waals surface area contributed by atoms with Crippen molar-refractivity contribution in [2.45, 2.75) is 44.6 Å². The van der Waals surface area contributed by atoms with Crippen molar-refractivity contribution in [2.75, 3.05) is 5.32 Å². The van der Waals surface area contributed by atoms with Crippen LogP contribution in [0.15, 0.2) is 78.4 Å². The van der Waals surface area contributed by atoms with Gasteiger partial charge in [-0.25, -0.2) is 24.9 Å². The molecule has 4 aromatic heterocycles. The topological polar surface area (TPSA) is 109 Å². The lowest BCUT2D eigenvalue weighted by Crippen LogP contribution is -2.24. The van der Waals surface area contributed by atoms with Gasteiger partial charge in [0.2, 0.25) is 0 Å². The molecule has 0 aliphatic heterocycles. The third-order valence-electron chi connectivity index (χ3n) is 7.41. The van der Waals surface area contributed by atoms with Gasteiger partial charge in [0, 0.05) is 54.3 Å². The molecule has 39 heavy (non-hydrogen) atoms. The van der Waals surface area contributed by atoms with Gasteiger partial charge in [-0.1, -0.05) is 25.0 Å². The van der Waals surface area contributed by atoms with E-state index in [9.17, 15) is 4.79 Å². The molecule has 2 aliphatic carbocycles. The third-order valence-corrected chi connectivity index (χ3v) is 7.41. The summed E-state index contributed by atoms with van der Waals surface area (Å²) in [5, 5.41) is 3.64. The van der Waals surface area contributed by atoms with Gasteiger partial charge in [0.25, 0.3) is 5.56 Å². The van der Waals surface area contributed by atoms with E-state index < -0.39 is 0 Å². The molecule has 0 saturated heterocycles. The minimum absolute atomic E-state index is 0.102. The molecule has 0 radical (unpaired) electrons. The summed E-state index contributed by atoms with van der Waals surface area (Å²) < 4.78 is 0. The van der Waals surface area contributed by atoms with Crippen LogP contribution in [0.2, 0.25) is 0 Å². The fraction of sp³-hybridized carbons (Fsp3) is 0.258. The van der Waals surface area contributed by atoms with E-state index in [2.05, 4.69) is 55.4 Å². The van der Waals surface area contributed by atoms with E-state index in [0.717, 1.165) is 66.6 Å². The first-order valence-electron chi connectivity index (χ1n) is 13.4. The van der Waals surface area contributed by atoms with Gasteiger partial charge in [-0.15, -0.1) is 0 Å². The number of hydrogen-bond acceptors (Lipinski definition) is 7. The monoisotopic (exact) mass is 516 g/mol. The third kappa shape index (κ3) is 5.55. The van der Waals surface area contributed by atoms with E-state index in [1.165, 1.54) is 5.57 Å². The van der Waals surface area contributed by atoms with Gasteiger partial charge in [0.1, 0.15) is 5.82 Å². The maximum atomic E-state index is 12.7. The van der Waals surface area contributed by atoms with Crippen molar-refractivity contribution in [2.24, 2.45) is 5.92 Å². The molecule has 4 aromatic rings. The van der Waals surface area contributed by atoms with Crippen molar-refractivity contribution in [3.8, 4) is 22.8 Å². The molecule has 0 bridgehead atoms. The standard InChI is InChI=1S/C31H30N7O/c1-20-4-6-21(7-5-20)23-16-27(29-34-14-3-15-35-29)30(36-18-23)38-25-10-8-22(9-11-25)26-17-24(19-37-31(26)39)28-32-12-2-13-33-28/h2-3,6,8,12-20,25H,1,4-5,7,9-11H2,(H,36,38)(H,37,39)/q-1. The number of pyridine rings is 2. The highest BCUT2D eigenvalue weighted by Gasteiger charge is 2.21. The average molecular weight is 517 g/mol. The quantitative estimate of drug-likeness (QED) is 0.314. The molecule has 0 aromatic carbocycles. The molecule has 8 heteroatoms. The summed E-state index contributed by atoms with van der Waals surface area (Å²) in [6.07, 6.45) is 20.5. The van der Waals surface area contributed by atoms with Gasteiger partial charge in [0.05, 0.1) is 5.56 Å². The molecule has 0 spiro atoms. The Kier molecular flexibility index (Phi) is 7.08. The van der Waals surface area contributed by atoms with Crippen LogP contribution < -0.4 is 10.9 Å². The second-order valence-electron chi connectivity index (χ2n) is 10.1. The van der Waals surface area contributed by atoms with Gasteiger partial charge in [-0.2, -0.15) is 5.92 Å². The molecule has 0 fully saturated rings. The summed E-state index contributed by atoms with van der Waals surface area (Å²) in [6.45, 7) is 4.20. The van der Waals surface area contributed by atoms with E-state index in [1.807, 2.05) is 18.3 Å². The van der Waals surface area contributed by atoms with Crippen molar-refractivity contribution in [3.63, 3.8) is 0 Å². The maximum Gasteiger partial charge on any atom is 0.255 e. The fourth-order valence-corrected chi connectivity index (χ4v) is 5.22. The van der Waals surface area contributed by atoms with Gasteiger partial charge in [-0.3, -0.25) is 4.79 Å². The molecule has 8 nitrogen and oxygen atoms in total. The summed E-state index contributed by atoms with van der Waals surface area (Å²) >= 11 is 0. The lowest BCUT2D eigenvalue weighted by molar-refractivity contribution is 0.588. The molecule has 0 amide bonds. The summed E-state index contributed by atoms with van der Waals surface area (Å²) in [6, 6.07) is 7.81. The molecule has 2 aliphatic rings. The Morgan fingerprint density at radius 1 is 0.795 bits per heavy atom. The van der Waals surface area contributed by atoms with Gasteiger partial charge < -0.3 is 17.2 Å². The van der Waals surface area contributed by atoms with Crippen LogP contribution in [-0.4, -0.2) is 35.9 Å². The van der Waals surface area contributed by atoms with E-state index >= 15 is 0 Å². The summed E-state index contributed by atoms with van der Waals surface area (Å²) in [7, 11) is 0. The van der Waals surface area contributed by atoms with Crippen LogP contribution in [0.4, 0.5) is 5.82 Å². The van der Waals surface area contributed by atoms with Crippen LogP contribution >= 0.6 is 0 Å².